The Kier molecular flexibility index (Phi) is 4.48. The quantitative estimate of drug-likeness (QED) is 0.798. The minimum Gasteiger partial charge on any atom is -0.330 e. The molecule has 0 aromatic carbocycles. The molecule has 2 aliphatic rings. The summed E-state index contributed by atoms with van der Waals surface area (Å²) in [6, 6.07) is 0. The largest absolute Gasteiger partial charge is 0.330 e. The number of hydrogen-bond acceptors (Lipinski definition) is 2. The first kappa shape index (κ1) is 13.4. The van der Waals surface area contributed by atoms with Gasteiger partial charge in [0.25, 0.3) is 0 Å². The lowest BCUT2D eigenvalue weighted by Crippen LogP contribution is -2.43. The maximum Gasteiger partial charge on any atom is 0.000988 e. The summed E-state index contributed by atoms with van der Waals surface area (Å²) in [5, 5.41) is 0. The van der Waals surface area contributed by atoms with E-state index in [1.54, 1.807) is 0 Å². The summed E-state index contributed by atoms with van der Waals surface area (Å²) in [4.78, 5) is 2.73. The highest BCUT2D eigenvalue weighted by Crippen LogP contribution is 2.34. The number of hydrogen-bond donors (Lipinski definition) is 1. The molecule has 2 fully saturated rings. The Hall–Kier alpha value is -0.0800. The first-order chi connectivity index (χ1) is 8.09. The Bertz CT molecular complexity index is 225. The second kappa shape index (κ2) is 5.71. The molecule has 1 saturated carbocycles. The molecule has 0 radical (unpaired) electrons. The average molecular weight is 238 g/mol. The molecule has 1 saturated heterocycles. The Labute approximate surface area is 107 Å². The Morgan fingerprint density at radius 1 is 1.18 bits per heavy atom. The van der Waals surface area contributed by atoms with E-state index >= 15 is 0 Å². The molecule has 17 heavy (non-hydrogen) atoms. The number of likely N-dealkylation sites (tertiary alicyclic amines) is 1. The van der Waals surface area contributed by atoms with Gasteiger partial charge in [-0.15, -0.1) is 0 Å². The molecule has 2 atom stereocenters. The van der Waals surface area contributed by atoms with Crippen LogP contribution in [0, 0.1) is 17.3 Å². The summed E-state index contributed by atoms with van der Waals surface area (Å²) in [6.07, 6.45) is 8.58. The van der Waals surface area contributed by atoms with E-state index in [4.69, 9.17) is 5.73 Å². The van der Waals surface area contributed by atoms with Gasteiger partial charge in [0.1, 0.15) is 0 Å². The van der Waals surface area contributed by atoms with Crippen molar-refractivity contribution in [2.75, 3.05) is 26.2 Å². The van der Waals surface area contributed by atoms with Gasteiger partial charge in [-0.25, -0.2) is 0 Å². The van der Waals surface area contributed by atoms with Crippen molar-refractivity contribution in [3.05, 3.63) is 0 Å². The molecule has 0 aromatic rings. The SMILES string of the molecule is CC(C)(CN)CCCN1CC2CCCC(C2)C1. The van der Waals surface area contributed by atoms with Crippen LogP contribution in [0.5, 0.6) is 0 Å². The van der Waals surface area contributed by atoms with Crippen LogP contribution in [-0.2, 0) is 0 Å². The summed E-state index contributed by atoms with van der Waals surface area (Å²) in [6.45, 7) is 9.45. The van der Waals surface area contributed by atoms with E-state index in [-0.39, 0.29) is 0 Å². The summed E-state index contributed by atoms with van der Waals surface area (Å²) in [7, 11) is 0. The Balaban J connectivity index is 1.69. The van der Waals surface area contributed by atoms with Crippen LogP contribution >= 0.6 is 0 Å². The van der Waals surface area contributed by atoms with Crippen molar-refractivity contribution >= 4 is 0 Å². The van der Waals surface area contributed by atoms with Crippen molar-refractivity contribution in [1.82, 2.24) is 4.90 Å². The van der Waals surface area contributed by atoms with E-state index in [1.807, 2.05) is 0 Å². The Morgan fingerprint density at radius 3 is 2.41 bits per heavy atom. The van der Waals surface area contributed by atoms with Crippen LogP contribution in [0.25, 0.3) is 0 Å². The maximum absolute atomic E-state index is 5.79. The third kappa shape index (κ3) is 3.96. The summed E-state index contributed by atoms with van der Waals surface area (Å²) in [5.41, 5.74) is 6.13. The maximum atomic E-state index is 5.79. The first-order valence-electron chi connectivity index (χ1n) is 7.51. The van der Waals surface area contributed by atoms with Crippen molar-refractivity contribution in [3.8, 4) is 0 Å². The topological polar surface area (TPSA) is 29.3 Å². The van der Waals surface area contributed by atoms with Gasteiger partial charge >= 0.3 is 0 Å². The third-order valence-electron chi connectivity index (χ3n) is 4.80. The van der Waals surface area contributed by atoms with E-state index < -0.39 is 0 Å². The molecule has 0 amide bonds. The van der Waals surface area contributed by atoms with E-state index in [0.29, 0.717) is 5.41 Å². The van der Waals surface area contributed by atoms with Gasteiger partial charge in [-0.1, -0.05) is 20.3 Å². The highest BCUT2D eigenvalue weighted by Gasteiger charge is 2.30. The summed E-state index contributed by atoms with van der Waals surface area (Å²) < 4.78 is 0. The lowest BCUT2D eigenvalue weighted by atomic mass is 9.78. The zero-order chi connectivity index (χ0) is 12.3. The molecular weight excluding hydrogens is 208 g/mol. The number of fused-ring (bicyclic) bond motifs is 2. The normalized spacial score (nSPS) is 30.5. The van der Waals surface area contributed by atoms with E-state index in [1.165, 1.54) is 58.2 Å². The van der Waals surface area contributed by atoms with Crippen LogP contribution in [0.15, 0.2) is 0 Å². The van der Waals surface area contributed by atoms with Crippen LogP contribution in [0.3, 0.4) is 0 Å². The number of rotatable bonds is 5. The van der Waals surface area contributed by atoms with Gasteiger partial charge in [0.2, 0.25) is 0 Å². The average Bonchev–Trinajstić information content (AvgIpc) is 2.28. The van der Waals surface area contributed by atoms with Crippen molar-refractivity contribution in [2.45, 2.75) is 52.4 Å². The molecule has 1 heterocycles. The smallest absolute Gasteiger partial charge is 0.000988 e. The molecule has 2 N–H and O–H groups in total. The third-order valence-corrected chi connectivity index (χ3v) is 4.80. The van der Waals surface area contributed by atoms with Gasteiger partial charge in [-0.3, -0.25) is 0 Å². The van der Waals surface area contributed by atoms with Crippen molar-refractivity contribution < 1.29 is 0 Å². The number of nitrogens with two attached hydrogens (primary N) is 1. The first-order valence-corrected chi connectivity index (χ1v) is 7.51. The molecular formula is C15H30N2. The summed E-state index contributed by atoms with van der Waals surface area (Å²) >= 11 is 0. The van der Waals surface area contributed by atoms with Gasteiger partial charge in [0, 0.05) is 13.1 Å². The molecule has 2 rings (SSSR count). The van der Waals surface area contributed by atoms with Gasteiger partial charge in [-0.2, -0.15) is 0 Å². The van der Waals surface area contributed by atoms with Crippen molar-refractivity contribution in [1.29, 1.82) is 0 Å². The number of piperidine rings is 1. The van der Waals surface area contributed by atoms with Crippen molar-refractivity contribution in [2.24, 2.45) is 23.0 Å². The van der Waals surface area contributed by atoms with Crippen LogP contribution in [0.2, 0.25) is 0 Å². The fourth-order valence-electron chi connectivity index (χ4n) is 3.60. The summed E-state index contributed by atoms with van der Waals surface area (Å²) in [5.74, 6) is 2.04. The van der Waals surface area contributed by atoms with Gasteiger partial charge in [-0.05, 0) is 62.4 Å². The Morgan fingerprint density at radius 2 is 1.82 bits per heavy atom. The monoisotopic (exact) mass is 238 g/mol. The fraction of sp³-hybridized carbons (Fsp3) is 1.00. The van der Waals surface area contributed by atoms with Gasteiger partial charge in [0.15, 0.2) is 0 Å². The molecule has 100 valence electrons. The zero-order valence-electron chi connectivity index (χ0n) is 11.8. The predicted molar refractivity (Wildman–Crippen MR) is 74.0 cm³/mol. The fourth-order valence-corrected chi connectivity index (χ4v) is 3.60. The lowest BCUT2D eigenvalue weighted by Gasteiger charge is -2.41. The minimum atomic E-state index is 0.339. The molecule has 0 aromatic heterocycles. The predicted octanol–water partition coefficient (Wildman–Crippen LogP) is 2.87. The second-order valence-electron chi connectivity index (χ2n) is 7.13. The molecule has 1 aliphatic carbocycles. The number of nitrogens with zero attached hydrogens (tertiary/aromatic N) is 1. The minimum absolute atomic E-state index is 0.339. The van der Waals surface area contributed by atoms with E-state index in [0.717, 1.165) is 18.4 Å². The standard InChI is InChI=1S/C15H30N2/c1-15(2,12-16)7-4-8-17-10-13-5-3-6-14(9-13)11-17/h13-14H,3-12,16H2,1-2H3. The second-order valence-corrected chi connectivity index (χ2v) is 7.13. The van der Waals surface area contributed by atoms with Crippen LogP contribution < -0.4 is 5.73 Å². The van der Waals surface area contributed by atoms with Gasteiger partial charge < -0.3 is 10.6 Å². The van der Waals surface area contributed by atoms with E-state index in [9.17, 15) is 0 Å². The van der Waals surface area contributed by atoms with Crippen LogP contribution in [0.1, 0.15) is 52.4 Å². The molecule has 0 spiro atoms. The molecule has 1 aliphatic heterocycles. The molecule has 2 bridgehead atoms. The highest BCUT2D eigenvalue weighted by molar-refractivity contribution is 4.83. The van der Waals surface area contributed by atoms with Crippen molar-refractivity contribution in [3.63, 3.8) is 0 Å². The van der Waals surface area contributed by atoms with Crippen LogP contribution in [-0.4, -0.2) is 31.1 Å². The zero-order valence-corrected chi connectivity index (χ0v) is 11.8. The van der Waals surface area contributed by atoms with Crippen LogP contribution in [0.4, 0.5) is 0 Å². The van der Waals surface area contributed by atoms with Gasteiger partial charge in [0.05, 0.1) is 0 Å². The molecule has 2 unspecified atom stereocenters. The molecule has 2 nitrogen and oxygen atoms in total. The van der Waals surface area contributed by atoms with E-state index in [2.05, 4.69) is 18.7 Å². The molecule has 2 heteroatoms. The highest BCUT2D eigenvalue weighted by atomic mass is 15.1. The lowest BCUT2D eigenvalue weighted by molar-refractivity contribution is 0.0825.